The molecule has 1 aromatic carbocycles. The van der Waals surface area contributed by atoms with Crippen LogP contribution in [-0.4, -0.2) is 17.6 Å². The Kier molecular flexibility index (Phi) is 6.55. The van der Waals surface area contributed by atoms with Crippen LogP contribution < -0.4 is 0 Å². The molecule has 1 fully saturated rings. The molecule has 0 saturated carbocycles. The number of piperidine rings is 1. The fourth-order valence-electron chi connectivity index (χ4n) is 3.11. The SMILES string of the molecule is CCC[C@@H]1CCCCN1O[C@@H](CCC)c1ccccc1. The second-order valence-electron chi connectivity index (χ2n) is 5.87. The van der Waals surface area contributed by atoms with E-state index in [-0.39, 0.29) is 6.10 Å². The number of benzene rings is 1. The molecule has 2 heteroatoms. The van der Waals surface area contributed by atoms with E-state index in [4.69, 9.17) is 4.84 Å². The van der Waals surface area contributed by atoms with Gasteiger partial charge in [0.25, 0.3) is 0 Å². The Morgan fingerprint density at radius 1 is 1.15 bits per heavy atom. The first-order valence-electron chi connectivity index (χ1n) is 8.33. The Morgan fingerprint density at radius 2 is 1.95 bits per heavy atom. The quantitative estimate of drug-likeness (QED) is 0.685. The zero-order valence-electron chi connectivity index (χ0n) is 13.1. The van der Waals surface area contributed by atoms with Crippen LogP contribution in [0.25, 0.3) is 0 Å². The summed E-state index contributed by atoms with van der Waals surface area (Å²) in [5, 5.41) is 2.29. The Bertz CT molecular complexity index is 363. The smallest absolute Gasteiger partial charge is 0.104 e. The third-order valence-electron chi connectivity index (χ3n) is 4.18. The third-order valence-corrected chi connectivity index (χ3v) is 4.18. The Hall–Kier alpha value is -0.860. The van der Waals surface area contributed by atoms with E-state index < -0.39 is 0 Å². The van der Waals surface area contributed by atoms with Crippen molar-refractivity contribution in [1.29, 1.82) is 0 Å². The molecule has 0 amide bonds. The van der Waals surface area contributed by atoms with Gasteiger partial charge in [-0.15, -0.1) is 0 Å². The summed E-state index contributed by atoms with van der Waals surface area (Å²) in [6, 6.07) is 11.3. The number of rotatable bonds is 7. The molecule has 1 aliphatic rings. The topological polar surface area (TPSA) is 12.5 Å². The van der Waals surface area contributed by atoms with Gasteiger partial charge in [0.15, 0.2) is 0 Å². The van der Waals surface area contributed by atoms with Crippen molar-refractivity contribution < 1.29 is 4.84 Å². The van der Waals surface area contributed by atoms with Gasteiger partial charge in [-0.25, -0.2) is 0 Å². The number of nitrogens with zero attached hydrogens (tertiary/aromatic N) is 1. The van der Waals surface area contributed by atoms with Gasteiger partial charge in [-0.1, -0.05) is 63.4 Å². The zero-order chi connectivity index (χ0) is 14.2. The summed E-state index contributed by atoms with van der Waals surface area (Å²) in [5.41, 5.74) is 1.31. The second-order valence-corrected chi connectivity index (χ2v) is 5.87. The molecule has 2 atom stereocenters. The van der Waals surface area contributed by atoms with E-state index in [0.717, 1.165) is 19.4 Å². The second kappa shape index (κ2) is 8.43. The maximum atomic E-state index is 6.42. The maximum Gasteiger partial charge on any atom is 0.104 e. The van der Waals surface area contributed by atoms with Crippen molar-refractivity contribution in [1.82, 2.24) is 5.06 Å². The van der Waals surface area contributed by atoms with Crippen LogP contribution in [0.2, 0.25) is 0 Å². The van der Waals surface area contributed by atoms with E-state index in [1.54, 1.807) is 0 Å². The maximum absolute atomic E-state index is 6.42. The molecule has 0 aromatic heterocycles. The largest absolute Gasteiger partial charge is 0.291 e. The van der Waals surface area contributed by atoms with Crippen molar-refractivity contribution in [3.05, 3.63) is 35.9 Å². The van der Waals surface area contributed by atoms with E-state index in [2.05, 4.69) is 49.2 Å². The van der Waals surface area contributed by atoms with Gasteiger partial charge in [0.05, 0.1) is 0 Å². The van der Waals surface area contributed by atoms with Gasteiger partial charge in [-0.2, -0.15) is 5.06 Å². The molecule has 0 aliphatic carbocycles. The predicted molar refractivity (Wildman–Crippen MR) is 84.4 cm³/mol. The highest BCUT2D eigenvalue weighted by atomic mass is 16.7. The van der Waals surface area contributed by atoms with Gasteiger partial charge in [0, 0.05) is 12.6 Å². The molecule has 2 nitrogen and oxygen atoms in total. The first-order chi connectivity index (χ1) is 9.85. The van der Waals surface area contributed by atoms with Crippen molar-refractivity contribution in [3.63, 3.8) is 0 Å². The van der Waals surface area contributed by atoms with Crippen LogP contribution in [0.3, 0.4) is 0 Å². The van der Waals surface area contributed by atoms with E-state index in [9.17, 15) is 0 Å². The van der Waals surface area contributed by atoms with E-state index in [1.807, 2.05) is 0 Å². The summed E-state index contributed by atoms with van der Waals surface area (Å²) >= 11 is 0. The zero-order valence-corrected chi connectivity index (χ0v) is 13.1. The van der Waals surface area contributed by atoms with E-state index >= 15 is 0 Å². The van der Waals surface area contributed by atoms with E-state index in [1.165, 1.54) is 37.7 Å². The lowest BCUT2D eigenvalue weighted by Crippen LogP contribution is -2.40. The molecule has 0 spiro atoms. The predicted octanol–water partition coefficient (Wildman–Crippen LogP) is 5.11. The lowest BCUT2D eigenvalue weighted by Gasteiger charge is -2.37. The highest BCUT2D eigenvalue weighted by molar-refractivity contribution is 5.17. The van der Waals surface area contributed by atoms with Gasteiger partial charge in [-0.3, -0.25) is 4.84 Å². The van der Waals surface area contributed by atoms with Crippen LogP contribution in [-0.2, 0) is 4.84 Å². The molecule has 112 valence electrons. The molecule has 0 N–H and O–H groups in total. The number of hydrogen-bond acceptors (Lipinski definition) is 2. The minimum atomic E-state index is 0.221. The first-order valence-corrected chi connectivity index (χ1v) is 8.33. The van der Waals surface area contributed by atoms with Crippen molar-refractivity contribution in [2.45, 2.75) is 70.9 Å². The molecule has 1 heterocycles. The van der Waals surface area contributed by atoms with Crippen molar-refractivity contribution in [3.8, 4) is 0 Å². The Morgan fingerprint density at radius 3 is 2.65 bits per heavy atom. The van der Waals surface area contributed by atoms with Gasteiger partial charge in [-0.05, 0) is 31.2 Å². The van der Waals surface area contributed by atoms with Crippen molar-refractivity contribution in [2.24, 2.45) is 0 Å². The van der Waals surface area contributed by atoms with Crippen LogP contribution in [0.15, 0.2) is 30.3 Å². The highest BCUT2D eigenvalue weighted by Gasteiger charge is 2.25. The van der Waals surface area contributed by atoms with Crippen molar-refractivity contribution >= 4 is 0 Å². The normalized spacial score (nSPS) is 21.8. The molecule has 1 aliphatic heterocycles. The summed E-state index contributed by atoms with van der Waals surface area (Å²) in [5.74, 6) is 0. The summed E-state index contributed by atoms with van der Waals surface area (Å²) in [4.78, 5) is 6.42. The van der Waals surface area contributed by atoms with Crippen molar-refractivity contribution in [2.75, 3.05) is 6.54 Å². The van der Waals surface area contributed by atoms with Crippen LogP contribution in [0.5, 0.6) is 0 Å². The lowest BCUT2D eigenvalue weighted by molar-refractivity contribution is -0.236. The number of hydrogen-bond donors (Lipinski definition) is 0. The highest BCUT2D eigenvalue weighted by Crippen LogP contribution is 2.29. The van der Waals surface area contributed by atoms with Gasteiger partial charge >= 0.3 is 0 Å². The lowest BCUT2D eigenvalue weighted by atomic mass is 10.0. The molecular formula is C18H29NO. The Labute approximate surface area is 124 Å². The van der Waals surface area contributed by atoms with E-state index in [0.29, 0.717) is 6.04 Å². The van der Waals surface area contributed by atoms with Gasteiger partial charge < -0.3 is 0 Å². The fraction of sp³-hybridized carbons (Fsp3) is 0.667. The van der Waals surface area contributed by atoms with Gasteiger partial charge in [0.1, 0.15) is 6.10 Å². The molecule has 20 heavy (non-hydrogen) atoms. The Balaban J connectivity index is 2.02. The summed E-state index contributed by atoms with van der Waals surface area (Å²) in [6.07, 6.45) is 8.90. The molecule has 1 saturated heterocycles. The minimum absolute atomic E-state index is 0.221. The van der Waals surface area contributed by atoms with Crippen LogP contribution in [0, 0.1) is 0 Å². The summed E-state index contributed by atoms with van der Waals surface area (Å²) in [7, 11) is 0. The molecule has 0 unspecified atom stereocenters. The standard InChI is InChI=1S/C18H29NO/c1-3-10-17-14-8-9-15-19(17)20-18(11-4-2)16-12-6-5-7-13-16/h5-7,12-13,17-18H,3-4,8-11,14-15H2,1-2H3/t17-,18+/m1/s1. The summed E-state index contributed by atoms with van der Waals surface area (Å²) < 4.78 is 0. The minimum Gasteiger partial charge on any atom is -0.291 e. The van der Waals surface area contributed by atoms with Crippen LogP contribution in [0.1, 0.15) is 70.5 Å². The molecule has 2 rings (SSSR count). The molecule has 0 bridgehead atoms. The third kappa shape index (κ3) is 4.32. The summed E-state index contributed by atoms with van der Waals surface area (Å²) in [6.45, 7) is 5.60. The fourth-order valence-corrected chi connectivity index (χ4v) is 3.11. The average Bonchev–Trinajstić information content (AvgIpc) is 2.50. The number of hydroxylamine groups is 2. The van der Waals surface area contributed by atoms with Crippen LogP contribution in [0.4, 0.5) is 0 Å². The van der Waals surface area contributed by atoms with Gasteiger partial charge in [0.2, 0.25) is 0 Å². The first kappa shape index (κ1) is 15.5. The average molecular weight is 275 g/mol. The van der Waals surface area contributed by atoms with Crippen LogP contribution >= 0.6 is 0 Å². The molecular weight excluding hydrogens is 246 g/mol. The monoisotopic (exact) mass is 275 g/mol. The molecule has 0 radical (unpaired) electrons. The molecule has 1 aromatic rings.